The van der Waals surface area contributed by atoms with Gasteiger partial charge in [-0.25, -0.2) is 4.68 Å². The molecule has 6 heteroatoms. The maximum atomic E-state index is 13.1. The summed E-state index contributed by atoms with van der Waals surface area (Å²) in [5.74, 6) is -0.422. The van der Waals surface area contributed by atoms with Gasteiger partial charge in [0.1, 0.15) is 16.9 Å². The molecule has 1 aromatic heterocycles. The van der Waals surface area contributed by atoms with Crippen molar-refractivity contribution in [3.8, 4) is 0 Å². The van der Waals surface area contributed by atoms with Crippen molar-refractivity contribution >= 4 is 28.3 Å². The number of hydrogen-bond donors (Lipinski definition) is 0. The number of Topliss-reactive ketones (excluding diaryl/α,β-unsaturated/α-hetero) is 2. The highest BCUT2D eigenvalue weighted by molar-refractivity contribution is 6.37. The SMILES string of the molecule is CN(C)C1=C(n2nnc3ccccc32)C(=O)c2ccccc2C1=O. The molecule has 0 atom stereocenters. The third-order valence-electron chi connectivity index (χ3n) is 4.08. The number of carbonyl (C=O) groups is 2. The fourth-order valence-corrected chi connectivity index (χ4v) is 2.99. The molecule has 0 saturated heterocycles. The summed E-state index contributed by atoms with van der Waals surface area (Å²) >= 11 is 0. The lowest BCUT2D eigenvalue weighted by molar-refractivity contribution is 0.0965. The third-order valence-corrected chi connectivity index (χ3v) is 4.08. The smallest absolute Gasteiger partial charge is 0.214 e. The highest BCUT2D eigenvalue weighted by Gasteiger charge is 2.35. The zero-order chi connectivity index (χ0) is 16.8. The number of ketones is 2. The fraction of sp³-hybridized carbons (Fsp3) is 0.111. The average molecular weight is 318 g/mol. The summed E-state index contributed by atoms with van der Waals surface area (Å²) in [4.78, 5) is 27.7. The molecule has 0 saturated carbocycles. The summed E-state index contributed by atoms with van der Waals surface area (Å²) in [6.07, 6.45) is 0. The van der Waals surface area contributed by atoms with Crippen LogP contribution in [0.2, 0.25) is 0 Å². The minimum Gasteiger partial charge on any atom is -0.373 e. The van der Waals surface area contributed by atoms with E-state index in [1.54, 1.807) is 43.3 Å². The molecule has 0 spiro atoms. The molecule has 2 aromatic carbocycles. The summed E-state index contributed by atoms with van der Waals surface area (Å²) in [6.45, 7) is 0. The maximum absolute atomic E-state index is 13.1. The van der Waals surface area contributed by atoms with Crippen molar-refractivity contribution in [1.82, 2.24) is 19.9 Å². The van der Waals surface area contributed by atoms with E-state index in [-0.39, 0.29) is 17.3 Å². The van der Waals surface area contributed by atoms with Gasteiger partial charge in [-0.1, -0.05) is 41.6 Å². The number of rotatable bonds is 2. The minimum absolute atomic E-state index is 0.190. The van der Waals surface area contributed by atoms with Gasteiger partial charge in [-0.2, -0.15) is 0 Å². The number of benzene rings is 2. The maximum Gasteiger partial charge on any atom is 0.214 e. The van der Waals surface area contributed by atoms with Crippen molar-refractivity contribution in [1.29, 1.82) is 0 Å². The largest absolute Gasteiger partial charge is 0.373 e. The lowest BCUT2D eigenvalue weighted by atomic mass is 9.90. The number of aromatic nitrogens is 3. The number of nitrogens with zero attached hydrogens (tertiary/aromatic N) is 4. The normalized spacial score (nSPS) is 14.2. The quantitative estimate of drug-likeness (QED) is 0.725. The summed E-state index contributed by atoms with van der Waals surface area (Å²) < 4.78 is 1.46. The molecule has 6 nitrogen and oxygen atoms in total. The van der Waals surface area contributed by atoms with Gasteiger partial charge in [-0.3, -0.25) is 9.59 Å². The summed E-state index contributed by atoms with van der Waals surface area (Å²) in [6, 6.07) is 14.2. The van der Waals surface area contributed by atoms with Crippen LogP contribution in [0, 0.1) is 0 Å². The van der Waals surface area contributed by atoms with Crippen LogP contribution < -0.4 is 0 Å². The first-order valence-electron chi connectivity index (χ1n) is 7.50. The fourth-order valence-electron chi connectivity index (χ4n) is 2.99. The summed E-state index contributed by atoms with van der Waals surface area (Å²) in [5.41, 5.74) is 2.71. The highest BCUT2D eigenvalue weighted by Crippen LogP contribution is 2.31. The van der Waals surface area contributed by atoms with Crippen molar-refractivity contribution in [3.63, 3.8) is 0 Å². The van der Waals surface area contributed by atoms with E-state index in [1.165, 1.54) is 4.68 Å². The van der Waals surface area contributed by atoms with Crippen LogP contribution in [0.5, 0.6) is 0 Å². The zero-order valence-electron chi connectivity index (χ0n) is 13.2. The third kappa shape index (κ3) is 1.89. The molecule has 1 heterocycles. The second kappa shape index (κ2) is 5.13. The predicted octanol–water partition coefficient (Wildman–Crippen LogP) is 2.24. The Balaban J connectivity index is 2.06. The van der Waals surface area contributed by atoms with Gasteiger partial charge in [0.05, 0.1) is 5.52 Å². The first-order valence-corrected chi connectivity index (χ1v) is 7.50. The van der Waals surface area contributed by atoms with Gasteiger partial charge < -0.3 is 4.90 Å². The first-order chi connectivity index (χ1) is 11.6. The van der Waals surface area contributed by atoms with Gasteiger partial charge in [-0.05, 0) is 12.1 Å². The Labute approximate surface area is 138 Å². The molecular weight excluding hydrogens is 304 g/mol. The van der Waals surface area contributed by atoms with Gasteiger partial charge in [0.25, 0.3) is 0 Å². The zero-order valence-corrected chi connectivity index (χ0v) is 13.2. The van der Waals surface area contributed by atoms with Gasteiger partial charge in [0.15, 0.2) is 0 Å². The van der Waals surface area contributed by atoms with Crippen LogP contribution in [0.1, 0.15) is 20.7 Å². The number of likely N-dealkylation sites (N-methyl/N-ethyl adjacent to an activating group) is 1. The number of fused-ring (bicyclic) bond motifs is 2. The molecule has 118 valence electrons. The average Bonchev–Trinajstić information content (AvgIpc) is 3.01. The Morgan fingerprint density at radius 3 is 2.21 bits per heavy atom. The molecule has 1 aliphatic rings. The molecule has 0 unspecified atom stereocenters. The number of hydrogen-bond acceptors (Lipinski definition) is 5. The Kier molecular flexibility index (Phi) is 3.06. The lowest BCUT2D eigenvalue weighted by Gasteiger charge is -2.25. The van der Waals surface area contributed by atoms with Crippen molar-refractivity contribution in [2.75, 3.05) is 14.1 Å². The van der Waals surface area contributed by atoms with Crippen LogP contribution in [0.4, 0.5) is 0 Å². The second-order valence-electron chi connectivity index (χ2n) is 5.79. The molecule has 0 bridgehead atoms. The van der Waals surface area contributed by atoms with Gasteiger partial charge in [0.2, 0.25) is 11.6 Å². The summed E-state index contributed by atoms with van der Waals surface area (Å²) in [5, 5.41) is 8.22. The Hall–Kier alpha value is -3.28. The van der Waals surface area contributed by atoms with E-state index < -0.39 is 0 Å². The van der Waals surface area contributed by atoms with Crippen molar-refractivity contribution in [2.24, 2.45) is 0 Å². The molecule has 3 aromatic rings. The van der Waals surface area contributed by atoms with E-state index in [4.69, 9.17) is 0 Å². The number of carbonyl (C=O) groups excluding carboxylic acids is 2. The molecule has 1 aliphatic carbocycles. The van der Waals surface area contributed by atoms with E-state index in [1.807, 2.05) is 24.3 Å². The Morgan fingerprint density at radius 2 is 1.50 bits per heavy atom. The topological polar surface area (TPSA) is 68.1 Å². The standard InChI is InChI=1S/C18H14N4O2/c1-21(2)15-16(22-14-10-6-5-9-13(14)19-20-22)18(24)12-8-4-3-7-11(12)17(15)23/h3-10H,1-2H3. The van der Waals surface area contributed by atoms with Crippen LogP contribution >= 0.6 is 0 Å². The van der Waals surface area contributed by atoms with Crippen LogP contribution in [0.15, 0.2) is 54.2 Å². The minimum atomic E-state index is -0.232. The van der Waals surface area contributed by atoms with Gasteiger partial charge in [-0.15, -0.1) is 5.10 Å². The van der Waals surface area contributed by atoms with Crippen LogP contribution in [-0.4, -0.2) is 45.6 Å². The monoisotopic (exact) mass is 318 g/mol. The molecule has 4 rings (SSSR count). The number of para-hydroxylation sites is 1. The first kappa shape index (κ1) is 14.3. The molecule has 24 heavy (non-hydrogen) atoms. The molecule has 0 amide bonds. The van der Waals surface area contributed by atoms with Crippen molar-refractivity contribution in [3.05, 3.63) is 65.4 Å². The summed E-state index contributed by atoms with van der Waals surface area (Å²) in [7, 11) is 3.49. The van der Waals surface area contributed by atoms with Crippen LogP contribution in [0.25, 0.3) is 16.7 Å². The number of allylic oxidation sites excluding steroid dienone is 2. The van der Waals surface area contributed by atoms with E-state index in [0.717, 1.165) is 0 Å². The second-order valence-corrected chi connectivity index (χ2v) is 5.79. The molecular formula is C18H14N4O2. The molecule has 0 radical (unpaired) electrons. The Bertz CT molecular complexity index is 1030. The van der Waals surface area contributed by atoms with E-state index >= 15 is 0 Å². The van der Waals surface area contributed by atoms with E-state index in [9.17, 15) is 9.59 Å². The van der Waals surface area contributed by atoms with E-state index in [2.05, 4.69) is 10.3 Å². The van der Waals surface area contributed by atoms with Crippen molar-refractivity contribution < 1.29 is 9.59 Å². The van der Waals surface area contributed by atoms with E-state index in [0.29, 0.717) is 27.9 Å². The molecule has 0 aliphatic heterocycles. The van der Waals surface area contributed by atoms with Gasteiger partial charge >= 0.3 is 0 Å². The molecule has 0 N–H and O–H groups in total. The predicted molar refractivity (Wildman–Crippen MR) is 89.5 cm³/mol. The molecule has 0 fully saturated rings. The van der Waals surface area contributed by atoms with Crippen LogP contribution in [-0.2, 0) is 0 Å². The lowest BCUT2D eigenvalue weighted by Crippen LogP contribution is -2.31. The van der Waals surface area contributed by atoms with Crippen LogP contribution in [0.3, 0.4) is 0 Å². The van der Waals surface area contributed by atoms with Gasteiger partial charge in [0, 0.05) is 25.2 Å². The highest BCUT2D eigenvalue weighted by atomic mass is 16.1. The van der Waals surface area contributed by atoms with Crippen molar-refractivity contribution in [2.45, 2.75) is 0 Å². The Morgan fingerprint density at radius 1 is 0.875 bits per heavy atom.